The Morgan fingerprint density at radius 1 is 1.14 bits per heavy atom. The van der Waals surface area contributed by atoms with Gasteiger partial charge in [0.1, 0.15) is 9.84 Å². The molecular formula is C20H19N5O2S2. The zero-order valence-corrected chi connectivity index (χ0v) is 18.0. The van der Waals surface area contributed by atoms with Crippen molar-refractivity contribution in [1.82, 2.24) is 19.7 Å². The van der Waals surface area contributed by atoms with Crippen LogP contribution in [0, 0.1) is 6.92 Å². The fourth-order valence-corrected chi connectivity index (χ4v) is 4.76. The van der Waals surface area contributed by atoms with Crippen LogP contribution in [0.3, 0.4) is 0 Å². The van der Waals surface area contributed by atoms with Gasteiger partial charge in [-0.15, -0.1) is 21.5 Å². The van der Waals surface area contributed by atoms with E-state index in [2.05, 4.69) is 46.5 Å². The molecule has 1 aromatic carbocycles. The van der Waals surface area contributed by atoms with E-state index in [0.717, 1.165) is 10.6 Å². The smallest absolute Gasteiger partial charge is 0.267 e. The highest BCUT2D eigenvalue weighted by atomic mass is 32.1. The summed E-state index contributed by atoms with van der Waals surface area (Å²) >= 11 is 2.51. The molecule has 4 aromatic rings. The minimum atomic E-state index is -0.314. The normalized spacial score (nSPS) is 11.3. The highest BCUT2D eigenvalue weighted by Crippen LogP contribution is 2.30. The van der Waals surface area contributed by atoms with E-state index in [1.165, 1.54) is 39.1 Å². The number of nitrogens with zero attached hydrogens (tertiary/aromatic N) is 4. The third kappa shape index (κ3) is 3.58. The number of aryl methyl sites for hydroxylation is 2. The lowest BCUT2D eigenvalue weighted by atomic mass is 10.0. The molecule has 7 nitrogen and oxygen atoms in total. The van der Waals surface area contributed by atoms with Crippen LogP contribution in [-0.2, 0) is 7.05 Å². The van der Waals surface area contributed by atoms with Gasteiger partial charge in [-0.05, 0) is 24.0 Å². The molecular weight excluding hydrogens is 406 g/mol. The summed E-state index contributed by atoms with van der Waals surface area (Å²) in [5, 5.41) is 12.7. The number of carbonyl (C=O) groups excluding carboxylic acids is 1. The standard InChI is InChI=1S/C20H19N5O2S2/c1-10(2)12-5-7-13(8-6-12)17-23-24-20(29-17)22-16(26)15-11(3)14-18(28-15)21-9-25(4)19(14)27/h5-10H,1-4H3,(H,22,24,26). The zero-order chi connectivity index (χ0) is 20.7. The molecule has 9 heteroatoms. The third-order valence-corrected chi connectivity index (χ3v) is 6.77. The molecule has 0 spiro atoms. The van der Waals surface area contributed by atoms with Gasteiger partial charge in [0.05, 0.1) is 16.6 Å². The van der Waals surface area contributed by atoms with E-state index in [0.29, 0.717) is 31.7 Å². The molecule has 0 saturated heterocycles. The van der Waals surface area contributed by atoms with Crippen LogP contribution in [0.15, 0.2) is 35.4 Å². The first kappa shape index (κ1) is 19.4. The number of thiophene rings is 1. The van der Waals surface area contributed by atoms with Crippen molar-refractivity contribution in [3.63, 3.8) is 0 Å². The molecule has 1 amide bonds. The zero-order valence-electron chi connectivity index (χ0n) is 16.4. The van der Waals surface area contributed by atoms with Crippen LogP contribution >= 0.6 is 22.7 Å². The van der Waals surface area contributed by atoms with E-state index in [4.69, 9.17) is 0 Å². The monoisotopic (exact) mass is 425 g/mol. The molecule has 0 bridgehead atoms. The minimum absolute atomic E-state index is 0.161. The predicted octanol–water partition coefficient (Wildman–Crippen LogP) is 4.20. The lowest BCUT2D eigenvalue weighted by Crippen LogP contribution is -2.17. The van der Waals surface area contributed by atoms with Crippen molar-refractivity contribution in [3.05, 3.63) is 57.0 Å². The molecule has 0 atom stereocenters. The van der Waals surface area contributed by atoms with Crippen LogP contribution in [0.5, 0.6) is 0 Å². The van der Waals surface area contributed by atoms with Crippen LogP contribution in [0.25, 0.3) is 20.8 Å². The van der Waals surface area contributed by atoms with Gasteiger partial charge in [-0.2, -0.15) is 0 Å². The number of amides is 1. The first-order valence-electron chi connectivity index (χ1n) is 9.05. The van der Waals surface area contributed by atoms with Crippen LogP contribution in [0.2, 0.25) is 0 Å². The third-order valence-electron chi connectivity index (χ3n) is 4.69. The Bertz CT molecular complexity index is 1270. The number of nitrogens with one attached hydrogen (secondary N) is 1. The molecule has 0 fully saturated rings. The van der Waals surface area contributed by atoms with Gasteiger partial charge in [-0.25, -0.2) is 4.98 Å². The van der Waals surface area contributed by atoms with Crippen molar-refractivity contribution in [2.24, 2.45) is 7.05 Å². The molecule has 0 aliphatic heterocycles. The summed E-state index contributed by atoms with van der Waals surface area (Å²) in [5.41, 5.74) is 2.68. The highest BCUT2D eigenvalue weighted by molar-refractivity contribution is 7.21. The minimum Gasteiger partial charge on any atom is -0.302 e. The van der Waals surface area contributed by atoms with Crippen molar-refractivity contribution in [1.29, 1.82) is 0 Å². The van der Waals surface area contributed by atoms with Gasteiger partial charge in [0.25, 0.3) is 11.5 Å². The molecule has 4 rings (SSSR count). The Morgan fingerprint density at radius 2 is 1.86 bits per heavy atom. The largest absolute Gasteiger partial charge is 0.302 e. The maximum Gasteiger partial charge on any atom is 0.267 e. The number of aromatic nitrogens is 4. The van der Waals surface area contributed by atoms with Crippen LogP contribution in [0.4, 0.5) is 5.13 Å². The Kier molecular flexibility index (Phi) is 5.01. The number of rotatable bonds is 4. The van der Waals surface area contributed by atoms with Crippen molar-refractivity contribution < 1.29 is 4.79 Å². The molecule has 3 aromatic heterocycles. The molecule has 148 valence electrons. The summed E-state index contributed by atoms with van der Waals surface area (Å²) in [5.74, 6) is 0.148. The van der Waals surface area contributed by atoms with Gasteiger partial charge in [0.2, 0.25) is 5.13 Å². The lowest BCUT2D eigenvalue weighted by molar-refractivity contribution is 0.103. The SMILES string of the molecule is Cc1c(C(=O)Nc2nnc(-c3ccc(C(C)C)cc3)s2)sc2ncn(C)c(=O)c12. The molecule has 0 aliphatic rings. The Balaban J connectivity index is 1.58. The van der Waals surface area contributed by atoms with Gasteiger partial charge in [0.15, 0.2) is 0 Å². The predicted molar refractivity (Wildman–Crippen MR) is 117 cm³/mol. The average Bonchev–Trinajstić information content (AvgIpc) is 3.29. The van der Waals surface area contributed by atoms with Crippen LogP contribution < -0.4 is 10.9 Å². The lowest BCUT2D eigenvalue weighted by Gasteiger charge is -2.04. The molecule has 0 radical (unpaired) electrons. The van der Waals surface area contributed by atoms with Gasteiger partial charge in [0, 0.05) is 12.6 Å². The Hall–Kier alpha value is -2.91. The molecule has 29 heavy (non-hydrogen) atoms. The first-order chi connectivity index (χ1) is 13.8. The number of carbonyl (C=O) groups is 1. The maximum atomic E-state index is 12.8. The average molecular weight is 426 g/mol. The van der Waals surface area contributed by atoms with Crippen molar-refractivity contribution >= 4 is 43.9 Å². The second kappa shape index (κ2) is 7.49. The summed E-state index contributed by atoms with van der Waals surface area (Å²) in [6.45, 7) is 6.06. The summed E-state index contributed by atoms with van der Waals surface area (Å²) in [6, 6.07) is 8.18. The van der Waals surface area contributed by atoms with E-state index in [1.807, 2.05) is 12.1 Å². The fourth-order valence-electron chi connectivity index (χ4n) is 2.98. The Labute approximate surface area is 175 Å². The number of fused-ring (bicyclic) bond motifs is 1. The first-order valence-corrected chi connectivity index (χ1v) is 10.7. The van der Waals surface area contributed by atoms with E-state index in [9.17, 15) is 9.59 Å². The van der Waals surface area contributed by atoms with Gasteiger partial charge < -0.3 is 4.57 Å². The van der Waals surface area contributed by atoms with Crippen molar-refractivity contribution in [3.8, 4) is 10.6 Å². The van der Waals surface area contributed by atoms with Crippen molar-refractivity contribution in [2.45, 2.75) is 26.7 Å². The summed E-state index contributed by atoms with van der Waals surface area (Å²) in [4.78, 5) is 30.4. The van der Waals surface area contributed by atoms with E-state index in [1.54, 1.807) is 14.0 Å². The van der Waals surface area contributed by atoms with E-state index >= 15 is 0 Å². The van der Waals surface area contributed by atoms with Crippen LogP contribution in [0.1, 0.15) is 40.6 Å². The number of benzene rings is 1. The van der Waals surface area contributed by atoms with Crippen LogP contribution in [-0.4, -0.2) is 25.7 Å². The number of hydrogen-bond donors (Lipinski definition) is 1. The molecule has 0 saturated carbocycles. The molecule has 3 heterocycles. The topological polar surface area (TPSA) is 89.8 Å². The summed E-state index contributed by atoms with van der Waals surface area (Å²) < 4.78 is 1.41. The van der Waals surface area contributed by atoms with Gasteiger partial charge in [-0.3, -0.25) is 14.9 Å². The van der Waals surface area contributed by atoms with Gasteiger partial charge in [-0.1, -0.05) is 49.4 Å². The maximum absolute atomic E-state index is 12.8. The van der Waals surface area contributed by atoms with Gasteiger partial charge >= 0.3 is 0 Å². The quantitative estimate of drug-likeness (QED) is 0.529. The molecule has 0 unspecified atom stereocenters. The Morgan fingerprint density at radius 3 is 2.55 bits per heavy atom. The number of hydrogen-bond acceptors (Lipinski definition) is 7. The number of anilines is 1. The fraction of sp³-hybridized carbons (Fsp3) is 0.250. The second-order valence-corrected chi connectivity index (χ2v) is 9.02. The summed E-state index contributed by atoms with van der Waals surface area (Å²) in [6.07, 6.45) is 1.46. The van der Waals surface area contributed by atoms with Crippen molar-refractivity contribution in [2.75, 3.05) is 5.32 Å². The van der Waals surface area contributed by atoms with E-state index in [-0.39, 0.29) is 11.5 Å². The van der Waals surface area contributed by atoms with E-state index < -0.39 is 0 Å². The summed E-state index contributed by atoms with van der Waals surface area (Å²) in [7, 11) is 1.64. The molecule has 0 aliphatic carbocycles. The molecule has 1 N–H and O–H groups in total. The second-order valence-electron chi connectivity index (χ2n) is 7.04. The highest BCUT2D eigenvalue weighted by Gasteiger charge is 2.20.